The van der Waals surface area contributed by atoms with Gasteiger partial charge in [-0.1, -0.05) is 26.2 Å². The molecule has 0 heterocycles. The van der Waals surface area contributed by atoms with E-state index in [0.717, 1.165) is 6.42 Å². The van der Waals surface area contributed by atoms with E-state index >= 15 is 0 Å². The number of hydrogen-bond donors (Lipinski definition) is 2. The molecule has 4 heteroatoms. The second-order valence-electron chi connectivity index (χ2n) is 6.88. The molecule has 0 aromatic rings. The van der Waals surface area contributed by atoms with E-state index in [1.54, 1.807) is 0 Å². The highest BCUT2D eigenvalue weighted by Gasteiger charge is 2.17. The fraction of sp³-hybridized carbons (Fsp3) is 0.882. The maximum atomic E-state index is 11.9. The zero-order valence-corrected chi connectivity index (χ0v) is 13.9. The molecule has 2 amide bonds. The normalized spacial score (nSPS) is 17.5. The lowest BCUT2D eigenvalue weighted by Gasteiger charge is -2.21. The van der Waals surface area contributed by atoms with Crippen molar-refractivity contribution >= 4 is 11.8 Å². The van der Waals surface area contributed by atoms with Gasteiger partial charge in [-0.25, -0.2) is 0 Å². The summed E-state index contributed by atoms with van der Waals surface area (Å²) in [5, 5.41) is 5.90. The fourth-order valence-electron chi connectivity index (χ4n) is 2.98. The summed E-state index contributed by atoms with van der Waals surface area (Å²) in [7, 11) is 0. The van der Waals surface area contributed by atoms with E-state index in [0.29, 0.717) is 31.2 Å². The molecule has 1 aliphatic carbocycles. The van der Waals surface area contributed by atoms with Crippen LogP contribution in [0.1, 0.15) is 72.1 Å². The second-order valence-corrected chi connectivity index (χ2v) is 6.88. The number of nitrogens with one attached hydrogen (secondary N) is 2. The monoisotopic (exact) mass is 296 g/mol. The average Bonchev–Trinajstić information content (AvgIpc) is 2.38. The van der Waals surface area contributed by atoms with Crippen LogP contribution in [0, 0.1) is 11.8 Å². The van der Waals surface area contributed by atoms with Gasteiger partial charge in [0.25, 0.3) is 0 Å². The van der Waals surface area contributed by atoms with E-state index in [4.69, 9.17) is 0 Å². The quantitative estimate of drug-likeness (QED) is 0.723. The summed E-state index contributed by atoms with van der Waals surface area (Å²) >= 11 is 0. The van der Waals surface area contributed by atoms with Crippen molar-refractivity contribution in [3.05, 3.63) is 0 Å². The van der Waals surface area contributed by atoms with Crippen LogP contribution in [-0.4, -0.2) is 24.4 Å². The number of carbonyl (C=O) groups excluding carboxylic acids is 2. The van der Waals surface area contributed by atoms with E-state index in [9.17, 15) is 9.59 Å². The number of rotatable bonds is 8. The first-order chi connectivity index (χ1) is 9.97. The molecule has 1 unspecified atom stereocenters. The van der Waals surface area contributed by atoms with Gasteiger partial charge in [-0.3, -0.25) is 9.59 Å². The first-order valence-corrected chi connectivity index (χ1v) is 8.53. The van der Waals surface area contributed by atoms with Gasteiger partial charge in [-0.15, -0.1) is 0 Å². The van der Waals surface area contributed by atoms with Gasteiger partial charge < -0.3 is 10.6 Å². The van der Waals surface area contributed by atoms with E-state index in [-0.39, 0.29) is 17.9 Å². The molecule has 4 nitrogen and oxygen atoms in total. The number of amides is 2. The molecule has 0 bridgehead atoms. The molecule has 1 saturated carbocycles. The molecule has 2 N–H and O–H groups in total. The van der Waals surface area contributed by atoms with Crippen LogP contribution in [0.5, 0.6) is 0 Å². The Morgan fingerprint density at radius 2 is 1.71 bits per heavy atom. The van der Waals surface area contributed by atoms with Gasteiger partial charge in [-0.05, 0) is 44.9 Å². The Morgan fingerprint density at radius 1 is 1.05 bits per heavy atom. The van der Waals surface area contributed by atoms with Gasteiger partial charge in [0.2, 0.25) is 11.8 Å². The van der Waals surface area contributed by atoms with E-state index in [2.05, 4.69) is 17.6 Å². The molecule has 1 atom stereocenters. The lowest BCUT2D eigenvalue weighted by atomic mass is 9.87. The third kappa shape index (κ3) is 8.74. The average molecular weight is 296 g/mol. The summed E-state index contributed by atoms with van der Waals surface area (Å²) in [6, 6.07) is 0.194. The molecule has 0 spiro atoms. The van der Waals surface area contributed by atoms with E-state index < -0.39 is 0 Å². The summed E-state index contributed by atoms with van der Waals surface area (Å²) in [5.74, 6) is 1.18. The molecule has 0 radical (unpaired) electrons. The van der Waals surface area contributed by atoms with Crippen molar-refractivity contribution < 1.29 is 9.59 Å². The van der Waals surface area contributed by atoms with Crippen LogP contribution < -0.4 is 10.6 Å². The van der Waals surface area contributed by atoms with Crippen LogP contribution in [-0.2, 0) is 9.59 Å². The minimum Gasteiger partial charge on any atom is -0.356 e. The van der Waals surface area contributed by atoms with Gasteiger partial charge >= 0.3 is 0 Å². The summed E-state index contributed by atoms with van der Waals surface area (Å²) in [6.07, 6.45) is 8.38. The Bertz CT molecular complexity index is 323. The van der Waals surface area contributed by atoms with Crippen molar-refractivity contribution in [1.29, 1.82) is 0 Å². The molecule has 0 aromatic heterocycles. The summed E-state index contributed by atoms with van der Waals surface area (Å²) in [5.41, 5.74) is 0. The third-order valence-electron chi connectivity index (χ3n) is 4.14. The molecular formula is C17H32N2O2. The highest BCUT2D eigenvalue weighted by Crippen LogP contribution is 2.26. The van der Waals surface area contributed by atoms with Crippen molar-refractivity contribution in [3.63, 3.8) is 0 Å². The largest absolute Gasteiger partial charge is 0.356 e. The van der Waals surface area contributed by atoms with Crippen molar-refractivity contribution in [2.45, 2.75) is 78.2 Å². The Balaban J connectivity index is 2.08. The highest BCUT2D eigenvalue weighted by molar-refractivity contribution is 5.76. The molecule has 0 aromatic carbocycles. The lowest BCUT2D eigenvalue weighted by molar-refractivity contribution is -0.122. The van der Waals surface area contributed by atoms with Crippen molar-refractivity contribution in [2.24, 2.45) is 11.8 Å². The molecule has 122 valence electrons. The Morgan fingerprint density at radius 3 is 2.33 bits per heavy atom. The Labute approximate surface area is 129 Å². The fourth-order valence-corrected chi connectivity index (χ4v) is 2.98. The molecule has 0 aliphatic heterocycles. The topological polar surface area (TPSA) is 58.2 Å². The highest BCUT2D eigenvalue weighted by atomic mass is 16.2. The predicted octanol–water partition coefficient (Wildman–Crippen LogP) is 3.01. The molecular weight excluding hydrogens is 264 g/mol. The standard InChI is InChI=1S/C17H32N2O2/c1-13(2)19-17(21)11-14(3)9-10-18-16(20)12-15-7-5-4-6-8-15/h13-15H,4-12H2,1-3H3,(H,18,20)(H,19,21). The van der Waals surface area contributed by atoms with Crippen LogP contribution in [0.15, 0.2) is 0 Å². The van der Waals surface area contributed by atoms with E-state index in [1.165, 1.54) is 32.1 Å². The molecule has 1 aliphatic rings. The van der Waals surface area contributed by atoms with Gasteiger partial charge in [0.05, 0.1) is 0 Å². The van der Waals surface area contributed by atoms with Crippen molar-refractivity contribution in [1.82, 2.24) is 10.6 Å². The molecule has 1 fully saturated rings. The number of hydrogen-bond acceptors (Lipinski definition) is 2. The second kappa shape index (κ2) is 9.80. The zero-order valence-electron chi connectivity index (χ0n) is 13.9. The van der Waals surface area contributed by atoms with Gasteiger partial charge in [0.1, 0.15) is 0 Å². The van der Waals surface area contributed by atoms with E-state index in [1.807, 2.05) is 13.8 Å². The summed E-state index contributed by atoms with van der Waals surface area (Å²) in [6.45, 7) is 6.68. The first kappa shape index (κ1) is 18.0. The minimum atomic E-state index is 0.103. The maximum absolute atomic E-state index is 11.9. The van der Waals surface area contributed by atoms with Crippen LogP contribution in [0.25, 0.3) is 0 Å². The predicted molar refractivity (Wildman–Crippen MR) is 85.9 cm³/mol. The van der Waals surface area contributed by atoms with Crippen LogP contribution in [0.4, 0.5) is 0 Å². The summed E-state index contributed by atoms with van der Waals surface area (Å²) < 4.78 is 0. The zero-order chi connectivity index (χ0) is 15.7. The van der Waals surface area contributed by atoms with Crippen LogP contribution in [0.2, 0.25) is 0 Å². The molecule has 21 heavy (non-hydrogen) atoms. The third-order valence-corrected chi connectivity index (χ3v) is 4.14. The Hall–Kier alpha value is -1.06. The van der Waals surface area contributed by atoms with Crippen LogP contribution >= 0.6 is 0 Å². The van der Waals surface area contributed by atoms with Crippen molar-refractivity contribution in [3.8, 4) is 0 Å². The molecule has 1 rings (SSSR count). The lowest BCUT2D eigenvalue weighted by Crippen LogP contribution is -2.32. The maximum Gasteiger partial charge on any atom is 0.220 e. The Kier molecular flexibility index (Phi) is 8.40. The van der Waals surface area contributed by atoms with Crippen molar-refractivity contribution in [2.75, 3.05) is 6.54 Å². The summed E-state index contributed by atoms with van der Waals surface area (Å²) in [4.78, 5) is 23.5. The van der Waals surface area contributed by atoms with Gasteiger partial charge in [0, 0.05) is 25.4 Å². The van der Waals surface area contributed by atoms with Gasteiger partial charge in [-0.2, -0.15) is 0 Å². The smallest absolute Gasteiger partial charge is 0.220 e. The minimum absolute atomic E-state index is 0.103. The first-order valence-electron chi connectivity index (χ1n) is 8.53. The SMILES string of the molecule is CC(CCNC(=O)CC1CCCCC1)CC(=O)NC(C)C. The van der Waals surface area contributed by atoms with Gasteiger partial charge in [0.15, 0.2) is 0 Å². The number of carbonyl (C=O) groups is 2. The molecule has 0 saturated heterocycles. The van der Waals surface area contributed by atoms with Crippen LogP contribution in [0.3, 0.4) is 0 Å².